The number of ether oxygens (including phenoxy) is 1. The fourth-order valence-corrected chi connectivity index (χ4v) is 1.29. The second kappa shape index (κ2) is 8.32. The molecule has 0 radical (unpaired) electrons. The molecule has 0 bridgehead atoms. The van der Waals surface area contributed by atoms with Crippen molar-refractivity contribution in [3.8, 4) is 12.3 Å². The number of hydrogen-bond donors (Lipinski definition) is 2. The Bertz CT molecular complexity index is 581. The second-order valence-corrected chi connectivity index (χ2v) is 3.80. The van der Waals surface area contributed by atoms with E-state index in [2.05, 4.69) is 21.3 Å². The van der Waals surface area contributed by atoms with Gasteiger partial charge in [0.1, 0.15) is 12.4 Å². The number of carbonyl (C=O) groups is 3. The molecule has 0 aliphatic heterocycles. The van der Waals surface area contributed by atoms with E-state index in [-0.39, 0.29) is 12.1 Å². The van der Waals surface area contributed by atoms with Crippen LogP contribution in [0.2, 0.25) is 0 Å². The molecule has 0 heterocycles. The highest BCUT2D eigenvalue weighted by Crippen LogP contribution is 2.05. The lowest BCUT2D eigenvalue weighted by atomic mass is 10.2. The average Bonchev–Trinajstić information content (AvgIpc) is 2.48. The van der Waals surface area contributed by atoms with Crippen LogP contribution in [0, 0.1) is 18.2 Å². The van der Waals surface area contributed by atoms with Gasteiger partial charge in [0.2, 0.25) is 0 Å². The molecule has 0 fully saturated rings. The Kier molecular flexibility index (Phi) is 6.41. The summed E-state index contributed by atoms with van der Waals surface area (Å²) in [5, 5.41) is 4.49. The van der Waals surface area contributed by atoms with E-state index in [1.54, 1.807) is 0 Å². The molecule has 0 aliphatic rings. The maximum Gasteiger partial charge on any atom is 0.325 e. The maximum absolute atomic E-state index is 13.3. The molecule has 110 valence electrons. The minimum Gasteiger partial charge on any atom is -0.454 e. The molecule has 0 aliphatic carbocycles. The molecule has 0 saturated heterocycles. The number of rotatable bonds is 6. The number of terminal acetylenes is 1. The van der Waals surface area contributed by atoms with Crippen molar-refractivity contribution in [2.24, 2.45) is 0 Å². The quantitative estimate of drug-likeness (QED) is 0.564. The van der Waals surface area contributed by atoms with Crippen LogP contribution in [0.15, 0.2) is 24.3 Å². The highest BCUT2D eigenvalue weighted by atomic mass is 19.1. The predicted octanol–water partition coefficient (Wildman–Crippen LogP) is -0.152. The third-order valence-electron chi connectivity index (χ3n) is 2.26. The fraction of sp³-hybridized carbons (Fsp3) is 0.214. The van der Waals surface area contributed by atoms with Gasteiger partial charge in [0, 0.05) is 0 Å². The van der Waals surface area contributed by atoms with E-state index < -0.39 is 36.8 Å². The lowest BCUT2D eigenvalue weighted by molar-refractivity contribution is -0.147. The number of benzene rings is 1. The topological polar surface area (TPSA) is 84.5 Å². The monoisotopic (exact) mass is 292 g/mol. The summed E-state index contributed by atoms with van der Waals surface area (Å²) in [5.41, 5.74) is -0.183. The third-order valence-corrected chi connectivity index (χ3v) is 2.26. The summed E-state index contributed by atoms with van der Waals surface area (Å²) >= 11 is 0. The molecule has 0 unspecified atom stereocenters. The maximum atomic E-state index is 13.3. The van der Waals surface area contributed by atoms with Crippen molar-refractivity contribution < 1.29 is 23.5 Å². The Morgan fingerprint density at radius 1 is 1.24 bits per heavy atom. The molecule has 7 heteroatoms. The second-order valence-electron chi connectivity index (χ2n) is 3.80. The molecule has 0 aromatic heterocycles. The van der Waals surface area contributed by atoms with E-state index in [0.717, 1.165) is 6.07 Å². The number of carbonyl (C=O) groups excluding carboxylic acids is 3. The molecule has 2 amide bonds. The van der Waals surface area contributed by atoms with Crippen LogP contribution in [0.25, 0.3) is 0 Å². The summed E-state index contributed by atoms with van der Waals surface area (Å²) < 4.78 is 17.9. The largest absolute Gasteiger partial charge is 0.454 e. The Morgan fingerprint density at radius 3 is 2.62 bits per heavy atom. The van der Waals surface area contributed by atoms with Crippen molar-refractivity contribution in [3.05, 3.63) is 35.6 Å². The first kappa shape index (κ1) is 16.2. The Morgan fingerprint density at radius 2 is 1.95 bits per heavy atom. The Balaban J connectivity index is 2.34. The van der Waals surface area contributed by atoms with E-state index in [9.17, 15) is 18.8 Å². The van der Waals surface area contributed by atoms with Crippen LogP contribution in [0.1, 0.15) is 10.4 Å². The van der Waals surface area contributed by atoms with Gasteiger partial charge in [-0.1, -0.05) is 18.1 Å². The summed E-state index contributed by atoms with van der Waals surface area (Å²) in [6.45, 7) is -0.952. The molecule has 6 nitrogen and oxygen atoms in total. The van der Waals surface area contributed by atoms with Gasteiger partial charge < -0.3 is 15.4 Å². The van der Waals surface area contributed by atoms with E-state index in [1.807, 2.05) is 0 Å². The first-order valence-corrected chi connectivity index (χ1v) is 5.93. The van der Waals surface area contributed by atoms with Crippen molar-refractivity contribution >= 4 is 17.8 Å². The summed E-state index contributed by atoms with van der Waals surface area (Å²) in [7, 11) is 0. The smallest absolute Gasteiger partial charge is 0.325 e. The number of amides is 2. The van der Waals surface area contributed by atoms with Crippen molar-refractivity contribution in [1.82, 2.24) is 10.6 Å². The minimum absolute atomic E-state index is 0.0282. The van der Waals surface area contributed by atoms with Crippen molar-refractivity contribution in [3.63, 3.8) is 0 Å². The molecule has 21 heavy (non-hydrogen) atoms. The van der Waals surface area contributed by atoms with Gasteiger partial charge in [-0.05, 0) is 12.1 Å². The molecule has 1 aromatic carbocycles. The molecule has 2 N–H and O–H groups in total. The van der Waals surface area contributed by atoms with Gasteiger partial charge >= 0.3 is 5.97 Å². The van der Waals surface area contributed by atoms with Crippen LogP contribution in [0.3, 0.4) is 0 Å². The summed E-state index contributed by atoms with van der Waals surface area (Å²) in [6, 6.07) is 5.34. The molecule has 0 atom stereocenters. The van der Waals surface area contributed by atoms with Gasteiger partial charge in [0.25, 0.3) is 11.8 Å². The Labute approximate surface area is 120 Å². The van der Waals surface area contributed by atoms with E-state index >= 15 is 0 Å². The Hall–Kier alpha value is -2.88. The molecular formula is C14H13FN2O4. The standard InChI is InChI=1S/C14H13FN2O4/c1-2-7-16-12(18)9-21-13(19)8-17-14(20)10-5-3-4-6-11(10)15/h1,3-6H,7-9H2,(H,16,18)(H,17,20). The lowest BCUT2D eigenvalue weighted by Gasteiger charge is -2.07. The van der Waals surface area contributed by atoms with Crippen LogP contribution in [0.4, 0.5) is 4.39 Å². The van der Waals surface area contributed by atoms with E-state index in [1.165, 1.54) is 18.2 Å². The zero-order chi connectivity index (χ0) is 15.7. The van der Waals surface area contributed by atoms with Gasteiger partial charge in [-0.3, -0.25) is 14.4 Å². The van der Waals surface area contributed by atoms with Gasteiger partial charge in [-0.2, -0.15) is 0 Å². The van der Waals surface area contributed by atoms with E-state index in [0.29, 0.717) is 0 Å². The molecule has 1 rings (SSSR count). The predicted molar refractivity (Wildman–Crippen MR) is 71.5 cm³/mol. The highest BCUT2D eigenvalue weighted by molar-refractivity contribution is 5.96. The lowest BCUT2D eigenvalue weighted by Crippen LogP contribution is -2.34. The van der Waals surface area contributed by atoms with Gasteiger partial charge in [0.15, 0.2) is 6.61 Å². The van der Waals surface area contributed by atoms with Crippen LogP contribution >= 0.6 is 0 Å². The molecule has 0 spiro atoms. The summed E-state index contributed by atoms with van der Waals surface area (Å²) in [4.78, 5) is 34.0. The normalized spacial score (nSPS) is 9.33. The number of esters is 1. The van der Waals surface area contributed by atoms with E-state index in [4.69, 9.17) is 6.42 Å². The fourth-order valence-electron chi connectivity index (χ4n) is 1.29. The number of hydrogen-bond acceptors (Lipinski definition) is 4. The van der Waals surface area contributed by atoms with Gasteiger partial charge in [-0.15, -0.1) is 6.42 Å². The first-order chi connectivity index (χ1) is 10.0. The van der Waals surface area contributed by atoms with Crippen molar-refractivity contribution in [2.45, 2.75) is 0 Å². The van der Waals surface area contributed by atoms with Crippen LogP contribution < -0.4 is 10.6 Å². The van der Waals surface area contributed by atoms with Crippen LogP contribution in [0.5, 0.6) is 0 Å². The zero-order valence-corrected chi connectivity index (χ0v) is 11.0. The molecule has 0 saturated carbocycles. The number of halogens is 1. The van der Waals surface area contributed by atoms with Gasteiger partial charge in [0.05, 0.1) is 12.1 Å². The highest BCUT2D eigenvalue weighted by Gasteiger charge is 2.13. The zero-order valence-electron chi connectivity index (χ0n) is 11.0. The van der Waals surface area contributed by atoms with Crippen molar-refractivity contribution in [2.75, 3.05) is 19.7 Å². The van der Waals surface area contributed by atoms with Crippen molar-refractivity contribution in [1.29, 1.82) is 0 Å². The molecule has 1 aromatic rings. The van der Waals surface area contributed by atoms with Crippen LogP contribution in [-0.4, -0.2) is 37.5 Å². The van der Waals surface area contributed by atoms with Crippen LogP contribution in [-0.2, 0) is 14.3 Å². The summed E-state index contributed by atoms with van der Waals surface area (Å²) in [6.07, 6.45) is 4.93. The van der Waals surface area contributed by atoms with Gasteiger partial charge in [-0.25, -0.2) is 4.39 Å². The summed E-state index contributed by atoms with van der Waals surface area (Å²) in [5.74, 6) is -0.638. The molecular weight excluding hydrogens is 279 g/mol. The number of nitrogens with one attached hydrogen (secondary N) is 2. The minimum atomic E-state index is -0.824. The first-order valence-electron chi connectivity index (χ1n) is 5.93. The average molecular weight is 292 g/mol. The third kappa shape index (κ3) is 5.74. The SMILES string of the molecule is C#CCNC(=O)COC(=O)CNC(=O)c1ccccc1F.